The van der Waals surface area contributed by atoms with E-state index in [2.05, 4.69) is 80.8 Å². The quantitative estimate of drug-likeness (QED) is 0.375. The summed E-state index contributed by atoms with van der Waals surface area (Å²) in [5.41, 5.74) is 4.68. The van der Waals surface area contributed by atoms with Gasteiger partial charge in [0.15, 0.2) is 5.82 Å². The molecule has 8 nitrogen and oxygen atoms in total. The van der Waals surface area contributed by atoms with Crippen molar-refractivity contribution in [2.45, 2.75) is 19.5 Å². The van der Waals surface area contributed by atoms with E-state index >= 15 is 0 Å². The van der Waals surface area contributed by atoms with Gasteiger partial charge in [0.25, 0.3) is 0 Å². The fraction of sp³-hybridized carbons (Fsp3) is 0.321. The Hall–Kier alpha value is -3.91. The molecule has 0 amide bonds. The van der Waals surface area contributed by atoms with Crippen LogP contribution in [0.25, 0.3) is 0 Å². The molecule has 1 aromatic heterocycles. The molecule has 0 spiro atoms. The van der Waals surface area contributed by atoms with Crippen LogP contribution in [0, 0.1) is 6.92 Å². The predicted molar refractivity (Wildman–Crippen MR) is 140 cm³/mol. The predicted octanol–water partition coefficient (Wildman–Crippen LogP) is 3.96. The molecule has 1 aliphatic heterocycles. The standard InChI is InChI=1S/C28H32N6O2/c1-21-8-12-23(13-9-21)27(28-29-30-31-34(28)20-22-10-14-24(35-2)15-11-22)33-18-16-32(17-19-33)25-6-4-5-7-26(25)36-3/h4-15,27H,16-20H2,1-3H3/t27-/m1/s1. The first-order valence-electron chi connectivity index (χ1n) is 12.2. The van der Waals surface area contributed by atoms with Crippen LogP contribution in [0.5, 0.6) is 11.5 Å². The number of nitrogens with zero attached hydrogens (tertiary/aromatic N) is 6. The lowest BCUT2D eigenvalue weighted by molar-refractivity contribution is 0.201. The number of para-hydroxylation sites is 2. The van der Waals surface area contributed by atoms with E-state index in [1.165, 1.54) is 11.1 Å². The van der Waals surface area contributed by atoms with E-state index in [-0.39, 0.29) is 6.04 Å². The number of methoxy groups -OCH3 is 2. The highest BCUT2D eigenvalue weighted by molar-refractivity contribution is 5.58. The van der Waals surface area contributed by atoms with Crippen LogP contribution in [0.4, 0.5) is 5.69 Å². The molecule has 1 saturated heterocycles. The molecule has 5 rings (SSSR count). The fourth-order valence-corrected chi connectivity index (χ4v) is 4.81. The summed E-state index contributed by atoms with van der Waals surface area (Å²) < 4.78 is 12.8. The maximum Gasteiger partial charge on any atom is 0.173 e. The van der Waals surface area contributed by atoms with Gasteiger partial charge in [-0.1, -0.05) is 54.1 Å². The maximum atomic E-state index is 5.61. The molecule has 4 aromatic rings. The molecule has 0 aliphatic carbocycles. The van der Waals surface area contributed by atoms with Crippen molar-refractivity contribution < 1.29 is 9.47 Å². The van der Waals surface area contributed by atoms with Gasteiger partial charge in [-0.05, 0) is 52.7 Å². The van der Waals surface area contributed by atoms with Crippen molar-refractivity contribution >= 4 is 5.69 Å². The largest absolute Gasteiger partial charge is 0.497 e. The van der Waals surface area contributed by atoms with Gasteiger partial charge in [0.1, 0.15) is 11.5 Å². The van der Waals surface area contributed by atoms with E-state index in [1.54, 1.807) is 14.2 Å². The number of ether oxygens (including phenoxy) is 2. The zero-order valence-corrected chi connectivity index (χ0v) is 21.0. The van der Waals surface area contributed by atoms with Crippen molar-refractivity contribution in [3.05, 3.63) is 95.3 Å². The van der Waals surface area contributed by atoms with E-state index < -0.39 is 0 Å². The summed E-state index contributed by atoms with van der Waals surface area (Å²) in [7, 11) is 3.40. The molecule has 1 fully saturated rings. The number of anilines is 1. The second kappa shape index (κ2) is 10.8. The van der Waals surface area contributed by atoms with Crippen molar-refractivity contribution in [2.24, 2.45) is 0 Å². The Morgan fingerprint density at radius 1 is 0.833 bits per heavy atom. The zero-order chi connectivity index (χ0) is 24.9. The molecule has 0 N–H and O–H groups in total. The highest BCUT2D eigenvalue weighted by Crippen LogP contribution is 2.32. The van der Waals surface area contributed by atoms with Gasteiger partial charge >= 0.3 is 0 Å². The number of piperazine rings is 1. The summed E-state index contributed by atoms with van der Waals surface area (Å²) >= 11 is 0. The second-order valence-electron chi connectivity index (χ2n) is 9.05. The van der Waals surface area contributed by atoms with E-state index in [1.807, 2.05) is 28.9 Å². The first-order valence-corrected chi connectivity index (χ1v) is 12.2. The van der Waals surface area contributed by atoms with E-state index in [4.69, 9.17) is 9.47 Å². The SMILES string of the molecule is COc1ccc(Cn2nnnc2[C@@H](c2ccc(C)cc2)N2CCN(c3ccccc3OC)CC2)cc1. The first-order chi connectivity index (χ1) is 17.7. The number of aromatic nitrogens is 4. The van der Waals surface area contributed by atoms with Crippen molar-refractivity contribution in [1.82, 2.24) is 25.1 Å². The molecule has 3 aromatic carbocycles. The van der Waals surface area contributed by atoms with Crippen LogP contribution in [0.2, 0.25) is 0 Å². The van der Waals surface area contributed by atoms with Crippen LogP contribution >= 0.6 is 0 Å². The average Bonchev–Trinajstić information content (AvgIpc) is 3.38. The Kier molecular flexibility index (Phi) is 7.13. The van der Waals surface area contributed by atoms with Crippen molar-refractivity contribution in [3.63, 3.8) is 0 Å². The number of rotatable bonds is 8. The van der Waals surface area contributed by atoms with Crippen LogP contribution in [0.1, 0.15) is 28.6 Å². The summed E-state index contributed by atoms with van der Waals surface area (Å²) in [6.45, 7) is 6.25. The van der Waals surface area contributed by atoms with Gasteiger partial charge in [-0.15, -0.1) is 5.10 Å². The van der Waals surface area contributed by atoms with Gasteiger partial charge in [0, 0.05) is 26.2 Å². The minimum absolute atomic E-state index is 0.0429. The van der Waals surface area contributed by atoms with Crippen LogP contribution in [-0.2, 0) is 6.54 Å². The Balaban J connectivity index is 1.41. The number of benzene rings is 3. The lowest BCUT2D eigenvalue weighted by atomic mass is 10.0. The Morgan fingerprint density at radius 2 is 1.56 bits per heavy atom. The van der Waals surface area contributed by atoms with E-state index in [0.29, 0.717) is 6.54 Å². The lowest BCUT2D eigenvalue weighted by Gasteiger charge is -2.40. The van der Waals surface area contributed by atoms with E-state index in [0.717, 1.165) is 54.8 Å². The van der Waals surface area contributed by atoms with E-state index in [9.17, 15) is 0 Å². The minimum atomic E-state index is -0.0429. The first kappa shape index (κ1) is 23.8. The summed E-state index contributed by atoms with van der Waals surface area (Å²) in [5, 5.41) is 13.0. The third kappa shape index (κ3) is 5.04. The summed E-state index contributed by atoms with van der Waals surface area (Å²) in [5.74, 6) is 2.59. The molecule has 0 bridgehead atoms. The number of aryl methyl sites for hydroxylation is 1. The molecule has 0 unspecified atom stereocenters. The maximum absolute atomic E-state index is 5.61. The fourth-order valence-electron chi connectivity index (χ4n) is 4.81. The highest BCUT2D eigenvalue weighted by Gasteiger charge is 2.31. The highest BCUT2D eigenvalue weighted by atomic mass is 16.5. The minimum Gasteiger partial charge on any atom is -0.497 e. The topological polar surface area (TPSA) is 68.5 Å². The third-order valence-corrected chi connectivity index (χ3v) is 6.79. The van der Waals surface area contributed by atoms with Crippen molar-refractivity contribution in [2.75, 3.05) is 45.3 Å². The molecule has 36 heavy (non-hydrogen) atoms. The molecular formula is C28H32N6O2. The Labute approximate surface area is 212 Å². The van der Waals surface area contributed by atoms with Crippen LogP contribution in [-0.4, -0.2) is 65.5 Å². The van der Waals surface area contributed by atoms with Crippen molar-refractivity contribution in [1.29, 1.82) is 0 Å². The average molecular weight is 485 g/mol. The lowest BCUT2D eigenvalue weighted by Crippen LogP contribution is -2.48. The Morgan fingerprint density at radius 3 is 2.25 bits per heavy atom. The number of tetrazole rings is 1. The van der Waals surface area contributed by atoms with Gasteiger partial charge in [-0.2, -0.15) is 0 Å². The zero-order valence-electron chi connectivity index (χ0n) is 21.0. The normalized spacial score (nSPS) is 15.0. The third-order valence-electron chi connectivity index (χ3n) is 6.79. The number of hydrogen-bond donors (Lipinski definition) is 0. The monoisotopic (exact) mass is 484 g/mol. The summed E-state index contributed by atoms with van der Waals surface area (Å²) in [4.78, 5) is 4.87. The van der Waals surface area contributed by atoms with Gasteiger partial charge in [0.05, 0.1) is 32.5 Å². The molecule has 186 valence electrons. The van der Waals surface area contributed by atoms with Crippen LogP contribution in [0.15, 0.2) is 72.8 Å². The molecular weight excluding hydrogens is 452 g/mol. The van der Waals surface area contributed by atoms with Crippen molar-refractivity contribution in [3.8, 4) is 11.5 Å². The smallest absolute Gasteiger partial charge is 0.173 e. The van der Waals surface area contributed by atoms with Crippen LogP contribution < -0.4 is 14.4 Å². The van der Waals surface area contributed by atoms with Crippen LogP contribution in [0.3, 0.4) is 0 Å². The van der Waals surface area contributed by atoms with Gasteiger partial charge < -0.3 is 14.4 Å². The molecule has 1 aliphatic rings. The number of hydrogen-bond acceptors (Lipinski definition) is 7. The van der Waals surface area contributed by atoms with Gasteiger partial charge in [-0.25, -0.2) is 4.68 Å². The molecule has 1 atom stereocenters. The molecule has 0 radical (unpaired) electrons. The molecule has 8 heteroatoms. The summed E-state index contributed by atoms with van der Waals surface area (Å²) in [6, 6.07) is 24.9. The Bertz CT molecular complexity index is 1260. The summed E-state index contributed by atoms with van der Waals surface area (Å²) in [6.07, 6.45) is 0. The second-order valence-corrected chi connectivity index (χ2v) is 9.05. The molecule has 2 heterocycles. The van der Waals surface area contributed by atoms with Gasteiger partial charge in [0.2, 0.25) is 0 Å². The van der Waals surface area contributed by atoms with Gasteiger partial charge in [-0.3, -0.25) is 4.90 Å². The molecule has 0 saturated carbocycles.